The van der Waals surface area contributed by atoms with E-state index in [1.54, 1.807) is 18.3 Å². The van der Waals surface area contributed by atoms with Gasteiger partial charge in [0.05, 0.1) is 18.8 Å². The van der Waals surface area contributed by atoms with Crippen molar-refractivity contribution in [3.63, 3.8) is 0 Å². The summed E-state index contributed by atoms with van der Waals surface area (Å²) in [6.45, 7) is 1.56. The topological polar surface area (TPSA) is 104 Å². The smallest absolute Gasteiger partial charge is 0.374 e. The van der Waals surface area contributed by atoms with Crippen LogP contribution in [0, 0.1) is 0 Å². The van der Waals surface area contributed by atoms with Gasteiger partial charge in [0.1, 0.15) is 12.4 Å². The number of hydrogen-bond acceptors (Lipinski definition) is 7. The number of esters is 1. The fraction of sp³-hybridized carbons (Fsp3) is 0.417. The maximum Gasteiger partial charge on any atom is 0.374 e. The average molecular weight is 292 g/mol. The van der Waals surface area contributed by atoms with Crippen LogP contribution in [-0.2, 0) is 14.3 Å². The Morgan fingerprint density at radius 2 is 2.48 bits per heavy atom. The first-order valence-corrected chi connectivity index (χ1v) is 6.54. The van der Waals surface area contributed by atoms with E-state index in [1.807, 2.05) is 0 Å². The van der Waals surface area contributed by atoms with E-state index >= 15 is 0 Å². The van der Waals surface area contributed by atoms with Crippen LogP contribution in [-0.4, -0.2) is 55.2 Å². The molecule has 0 bridgehead atoms. The van der Waals surface area contributed by atoms with Crippen LogP contribution in [0.3, 0.4) is 0 Å². The maximum atomic E-state index is 12.6. The van der Waals surface area contributed by atoms with E-state index in [4.69, 9.17) is 0 Å². The third-order valence-electron chi connectivity index (χ3n) is 3.07. The summed E-state index contributed by atoms with van der Waals surface area (Å²) in [6.07, 6.45) is 1.59. The van der Waals surface area contributed by atoms with Gasteiger partial charge in [-0.25, -0.2) is 4.98 Å². The van der Waals surface area contributed by atoms with Crippen molar-refractivity contribution in [1.29, 1.82) is 0 Å². The molecule has 8 nitrogen and oxygen atoms in total. The number of ether oxygens (including phenoxy) is 1. The molecule has 0 aromatic carbocycles. The van der Waals surface area contributed by atoms with Gasteiger partial charge in [-0.1, -0.05) is 0 Å². The Labute approximate surface area is 122 Å². The monoisotopic (exact) mass is 292 g/mol. The average Bonchev–Trinajstić information content (AvgIpc) is 2.59. The molecule has 9 heteroatoms. The van der Waals surface area contributed by atoms with Gasteiger partial charge in [-0.15, -0.1) is 0 Å². The van der Waals surface area contributed by atoms with Crippen LogP contribution in [0.15, 0.2) is 18.3 Å². The predicted octanol–water partition coefficient (Wildman–Crippen LogP) is -0.918. The van der Waals surface area contributed by atoms with Crippen LogP contribution in [0.25, 0.3) is 0 Å². The van der Waals surface area contributed by atoms with Gasteiger partial charge in [0.2, 0.25) is 5.91 Å². The standard InChI is InChI=1S/C12H17BN4O4/c1-13(20)16-8-6-15-11-9(4-3-5-14-11)17(12(8)19)7-10(18)21-2/h3-5,8,16,20H,6-7H2,1-2H3,(H,14,15)/t8-/m0/s1. The number of carbonyl (C=O) groups excluding carboxylic acids is 2. The molecule has 1 aromatic heterocycles. The molecule has 0 radical (unpaired) electrons. The zero-order valence-electron chi connectivity index (χ0n) is 11.9. The number of pyridine rings is 1. The first-order valence-electron chi connectivity index (χ1n) is 6.54. The number of nitrogens with zero attached hydrogens (tertiary/aromatic N) is 2. The largest absolute Gasteiger partial charge is 0.468 e. The summed E-state index contributed by atoms with van der Waals surface area (Å²) in [5, 5.41) is 15.2. The number of methoxy groups -OCH3 is 1. The third-order valence-corrected chi connectivity index (χ3v) is 3.07. The molecule has 21 heavy (non-hydrogen) atoms. The Bertz CT molecular complexity index is 540. The van der Waals surface area contributed by atoms with Crippen molar-refractivity contribution >= 4 is 30.4 Å². The summed E-state index contributed by atoms with van der Waals surface area (Å²) in [5.74, 6) is -0.360. The minimum Gasteiger partial charge on any atom is -0.468 e. The lowest BCUT2D eigenvalue weighted by atomic mass is 9.87. The normalized spacial score (nSPS) is 17.6. The molecule has 0 saturated heterocycles. The molecule has 2 heterocycles. The van der Waals surface area contributed by atoms with Crippen molar-refractivity contribution in [2.24, 2.45) is 0 Å². The number of anilines is 2. The molecular formula is C12H17BN4O4. The first kappa shape index (κ1) is 15.3. The van der Waals surface area contributed by atoms with Crippen LogP contribution < -0.4 is 15.4 Å². The highest BCUT2D eigenvalue weighted by Crippen LogP contribution is 2.26. The molecule has 3 N–H and O–H groups in total. The van der Waals surface area contributed by atoms with E-state index in [0.717, 1.165) is 0 Å². The van der Waals surface area contributed by atoms with Crippen molar-refractivity contribution < 1.29 is 19.3 Å². The van der Waals surface area contributed by atoms with E-state index in [-0.39, 0.29) is 19.0 Å². The van der Waals surface area contributed by atoms with Crippen LogP contribution in [0.1, 0.15) is 0 Å². The maximum absolute atomic E-state index is 12.6. The van der Waals surface area contributed by atoms with Crippen LogP contribution in [0.5, 0.6) is 0 Å². The number of fused-ring (bicyclic) bond motifs is 1. The van der Waals surface area contributed by atoms with Crippen LogP contribution in [0.2, 0.25) is 6.82 Å². The summed E-state index contributed by atoms with van der Waals surface area (Å²) in [5.41, 5.74) is 0.503. The lowest BCUT2D eigenvalue weighted by Crippen LogP contribution is -2.53. The fourth-order valence-electron chi connectivity index (χ4n) is 2.12. The molecule has 0 unspecified atom stereocenters. The molecule has 0 saturated carbocycles. The summed E-state index contributed by atoms with van der Waals surface area (Å²) in [6, 6.07) is 2.70. The molecule has 112 valence electrons. The summed E-state index contributed by atoms with van der Waals surface area (Å²) in [7, 11) is 0.411. The minimum atomic E-state index is -0.852. The number of amides is 1. The second kappa shape index (κ2) is 6.55. The van der Waals surface area contributed by atoms with Crippen LogP contribution in [0.4, 0.5) is 11.5 Å². The van der Waals surface area contributed by atoms with Gasteiger partial charge in [-0.05, 0) is 19.0 Å². The van der Waals surface area contributed by atoms with Gasteiger partial charge >= 0.3 is 13.0 Å². The zero-order valence-corrected chi connectivity index (χ0v) is 11.9. The van der Waals surface area contributed by atoms with E-state index in [2.05, 4.69) is 20.3 Å². The molecular weight excluding hydrogens is 275 g/mol. The molecule has 0 aliphatic carbocycles. The van der Waals surface area contributed by atoms with E-state index in [0.29, 0.717) is 11.5 Å². The first-order chi connectivity index (χ1) is 10.0. The van der Waals surface area contributed by atoms with Crippen molar-refractivity contribution in [3.8, 4) is 0 Å². The van der Waals surface area contributed by atoms with Gasteiger partial charge in [-0.2, -0.15) is 0 Å². The van der Waals surface area contributed by atoms with Crippen molar-refractivity contribution in [1.82, 2.24) is 10.2 Å². The van der Waals surface area contributed by atoms with Gasteiger partial charge in [0.15, 0.2) is 0 Å². The number of carbonyl (C=O) groups is 2. The molecule has 1 aliphatic rings. The number of rotatable bonds is 4. The third kappa shape index (κ3) is 3.50. The van der Waals surface area contributed by atoms with Crippen molar-refractivity contribution in [2.75, 3.05) is 30.4 Å². The molecule has 1 atom stereocenters. The fourth-order valence-corrected chi connectivity index (χ4v) is 2.12. The van der Waals surface area contributed by atoms with Crippen molar-refractivity contribution in [2.45, 2.75) is 12.9 Å². The second-order valence-corrected chi connectivity index (χ2v) is 4.65. The van der Waals surface area contributed by atoms with E-state index in [1.165, 1.54) is 18.8 Å². The minimum absolute atomic E-state index is 0.215. The van der Waals surface area contributed by atoms with Crippen molar-refractivity contribution in [3.05, 3.63) is 18.3 Å². The summed E-state index contributed by atoms with van der Waals surface area (Å²) in [4.78, 5) is 29.6. The SMILES string of the molecule is COC(=O)CN1C(=O)[C@@H](NB(C)O)CNc2ncccc21. The Morgan fingerprint density at radius 3 is 3.14 bits per heavy atom. The second-order valence-electron chi connectivity index (χ2n) is 4.65. The molecule has 0 fully saturated rings. The number of hydrogen-bond donors (Lipinski definition) is 3. The van der Waals surface area contributed by atoms with Gasteiger partial charge < -0.3 is 20.3 Å². The Balaban J connectivity index is 2.33. The Hall–Kier alpha value is -2.13. The van der Waals surface area contributed by atoms with E-state index < -0.39 is 19.1 Å². The lowest BCUT2D eigenvalue weighted by Gasteiger charge is -2.24. The molecule has 0 spiro atoms. The number of aromatic nitrogens is 1. The number of nitrogens with one attached hydrogen (secondary N) is 2. The lowest BCUT2D eigenvalue weighted by molar-refractivity contribution is -0.140. The summed E-state index contributed by atoms with van der Waals surface area (Å²) >= 11 is 0. The highest BCUT2D eigenvalue weighted by molar-refractivity contribution is 6.46. The molecule has 1 aromatic rings. The quantitative estimate of drug-likeness (QED) is 0.487. The predicted molar refractivity (Wildman–Crippen MR) is 77.9 cm³/mol. The van der Waals surface area contributed by atoms with Gasteiger partial charge in [0.25, 0.3) is 0 Å². The molecule has 2 rings (SSSR count). The Morgan fingerprint density at radius 1 is 1.71 bits per heavy atom. The zero-order chi connectivity index (χ0) is 15.4. The summed E-state index contributed by atoms with van der Waals surface area (Å²) < 4.78 is 4.63. The van der Waals surface area contributed by atoms with Gasteiger partial charge in [0, 0.05) is 12.7 Å². The Kier molecular flexibility index (Phi) is 4.76. The highest BCUT2D eigenvalue weighted by atomic mass is 16.5. The van der Waals surface area contributed by atoms with Crippen LogP contribution >= 0.6 is 0 Å². The van der Waals surface area contributed by atoms with Gasteiger partial charge in [-0.3, -0.25) is 14.5 Å². The van der Waals surface area contributed by atoms with E-state index in [9.17, 15) is 14.6 Å². The molecule has 1 aliphatic heterocycles. The molecule has 1 amide bonds. The highest BCUT2D eigenvalue weighted by Gasteiger charge is 2.33.